The largest absolute Gasteiger partial charge is 0.394 e. The summed E-state index contributed by atoms with van der Waals surface area (Å²) in [6, 6.07) is 18.8. The lowest BCUT2D eigenvalue weighted by Gasteiger charge is -2.35. The average molecular weight is 506 g/mol. The molecule has 0 saturated heterocycles. The van der Waals surface area contributed by atoms with Crippen LogP contribution < -0.4 is 0 Å². The summed E-state index contributed by atoms with van der Waals surface area (Å²) in [5.41, 5.74) is 4.57. The van der Waals surface area contributed by atoms with Crippen LogP contribution in [0, 0.1) is 5.92 Å². The number of aryl methyl sites for hydroxylation is 1. The Balaban J connectivity index is 1.46. The first-order valence-corrected chi connectivity index (χ1v) is 13.2. The van der Waals surface area contributed by atoms with Crippen LogP contribution >= 0.6 is 0 Å². The van der Waals surface area contributed by atoms with Crippen molar-refractivity contribution < 1.29 is 14.6 Å². The molecule has 0 fully saturated rings. The smallest absolute Gasteiger partial charge is 0.222 e. The fourth-order valence-electron chi connectivity index (χ4n) is 4.86. The Labute approximate surface area is 219 Å². The number of likely N-dealkylation sites (N-methyl/N-ethyl adjacent to an activating group) is 1. The number of aliphatic hydroxyl groups excluding tert-OH is 1. The van der Waals surface area contributed by atoms with Crippen molar-refractivity contribution in [2.45, 2.75) is 58.5 Å². The molecule has 3 atom stereocenters. The predicted octanol–water partition coefficient (Wildman–Crippen LogP) is 3.60. The van der Waals surface area contributed by atoms with Gasteiger partial charge in [-0.3, -0.25) is 9.69 Å². The number of benzene rings is 2. The summed E-state index contributed by atoms with van der Waals surface area (Å²) in [7, 11) is 2.10. The molecular weight excluding hydrogens is 466 g/mol. The summed E-state index contributed by atoms with van der Waals surface area (Å²) in [5.74, 6) is 0.130. The summed E-state index contributed by atoms with van der Waals surface area (Å²) < 4.78 is 8.28. The minimum atomic E-state index is -0.235. The fraction of sp³-hybridized carbons (Fsp3) is 0.483. The number of aliphatic hydroxyl groups is 1. The minimum absolute atomic E-state index is 0.0567. The second-order valence-electron chi connectivity index (χ2n) is 10.2. The SMILES string of the molecule is C[C@@H]1CN([C@H](C)CO)C(=O)CCCn2nncc2CO[C@@H]1CN(C)Cc1ccc(-c2ccccc2)cc1. The van der Waals surface area contributed by atoms with E-state index in [1.807, 2.05) is 22.6 Å². The molecule has 37 heavy (non-hydrogen) atoms. The van der Waals surface area contributed by atoms with E-state index >= 15 is 0 Å². The van der Waals surface area contributed by atoms with Crippen molar-refractivity contribution in [1.82, 2.24) is 24.8 Å². The van der Waals surface area contributed by atoms with Crippen LogP contribution in [0.3, 0.4) is 0 Å². The van der Waals surface area contributed by atoms with Crippen molar-refractivity contribution in [3.05, 3.63) is 72.1 Å². The van der Waals surface area contributed by atoms with Gasteiger partial charge in [-0.15, -0.1) is 5.10 Å². The van der Waals surface area contributed by atoms with Gasteiger partial charge in [0, 0.05) is 38.5 Å². The number of hydrogen-bond acceptors (Lipinski definition) is 6. The molecule has 198 valence electrons. The number of carbonyl (C=O) groups is 1. The molecule has 3 aromatic rings. The molecule has 1 aromatic heterocycles. The summed E-state index contributed by atoms with van der Waals surface area (Å²) in [6.45, 7) is 7.04. The van der Waals surface area contributed by atoms with Crippen LogP contribution in [0.5, 0.6) is 0 Å². The summed E-state index contributed by atoms with van der Waals surface area (Å²) in [4.78, 5) is 17.1. The molecule has 2 heterocycles. The molecule has 4 rings (SSSR count). The van der Waals surface area contributed by atoms with Crippen LogP contribution in [0.2, 0.25) is 0 Å². The molecule has 2 aromatic carbocycles. The summed E-state index contributed by atoms with van der Waals surface area (Å²) >= 11 is 0. The zero-order chi connectivity index (χ0) is 26.2. The molecule has 8 heteroatoms. The van der Waals surface area contributed by atoms with Crippen LogP contribution in [0.1, 0.15) is 37.9 Å². The number of rotatable bonds is 7. The third kappa shape index (κ3) is 7.25. The first-order valence-electron chi connectivity index (χ1n) is 13.2. The van der Waals surface area contributed by atoms with Crippen LogP contribution in [-0.4, -0.2) is 74.7 Å². The van der Waals surface area contributed by atoms with Gasteiger partial charge in [-0.25, -0.2) is 4.68 Å². The van der Waals surface area contributed by atoms with Gasteiger partial charge in [0.15, 0.2) is 0 Å². The van der Waals surface area contributed by atoms with Gasteiger partial charge in [-0.1, -0.05) is 66.7 Å². The second-order valence-corrected chi connectivity index (χ2v) is 10.2. The quantitative estimate of drug-likeness (QED) is 0.528. The molecule has 1 amide bonds. The molecule has 0 bridgehead atoms. The third-order valence-electron chi connectivity index (χ3n) is 7.14. The van der Waals surface area contributed by atoms with Gasteiger partial charge in [0.25, 0.3) is 0 Å². The molecule has 0 aliphatic carbocycles. The number of fused-ring (bicyclic) bond motifs is 1. The lowest BCUT2D eigenvalue weighted by Crippen LogP contribution is -2.47. The highest BCUT2D eigenvalue weighted by Crippen LogP contribution is 2.21. The van der Waals surface area contributed by atoms with Gasteiger partial charge < -0.3 is 14.7 Å². The van der Waals surface area contributed by atoms with Crippen LogP contribution in [0.25, 0.3) is 11.1 Å². The Hall–Kier alpha value is -3.07. The predicted molar refractivity (Wildman–Crippen MR) is 143 cm³/mol. The van der Waals surface area contributed by atoms with Crippen LogP contribution in [0.15, 0.2) is 60.8 Å². The van der Waals surface area contributed by atoms with E-state index in [-0.39, 0.29) is 30.6 Å². The Morgan fingerprint density at radius 2 is 1.86 bits per heavy atom. The van der Waals surface area contributed by atoms with E-state index in [0.29, 0.717) is 39.1 Å². The Kier molecular flexibility index (Phi) is 9.44. The molecule has 0 spiro atoms. The first kappa shape index (κ1) is 27.0. The standard InChI is InChI=1S/C29H39N5O3/c1-22-17-33(23(2)20-35)29(36)10-7-15-34-27(16-30-31-34)21-37-28(22)19-32(3)18-24-11-13-26(14-12-24)25-8-5-4-6-9-25/h4-6,8-9,11-14,16,22-23,28,35H,7,10,15,17-21H2,1-3H3/t22-,23-,28-/m1/s1. The number of aromatic nitrogens is 3. The maximum absolute atomic E-state index is 13.0. The number of carbonyl (C=O) groups excluding carboxylic acids is 1. The highest BCUT2D eigenvalue weighted by atomic mass is 16.5. The zero-order valence-electron chi connectivity index (χ0n) is 22.2. The average Bonchev–Trinajstić information content (AvgIpc) is 3.36. The maximum atomic E-state index is 13.0. The molecule has 1 aliphatic rings. The van der Waals surface area contributed by atoms with E-state index in [1.54, 1.807) is 6.20 Å². The number of nitrogens with zero attached hydrogens (tertiary/aromatic N) is 5. The van der Waals surface area contributed by atoms with Crippen molar-refractivity contribution in [2.75, 3.05) is 26.7 Å². The Morgan fingerprint density at radius 1 is 1.14 bits per heavy atom. The first-order chi connectivity index (χ1) is 17.9. The fourth-order valence-corrected chi connectivity index (χ4v) is 4.86. The van der Waals surface area contributed by atoms with Gasteiger partial charge in [0.05, 0.1) is 37.3 Å². The summed E-state index contributed by atoms with van der Waals surface area (Å²) in [6.07, 6.45) is 2.72. The van der Waals surface area contributed by atoms with Crippen molar-refractivity contribution in [2.24, 2.45) is 5.92 Å². The van der Waals surface area contributed by atoms with Gasteiger partial charge in [0.2, 0.25) is 5.91 Å². The number of hydrogen-bond donors (Lipinski definition) is 1. The molecule has 0 radical (unpaired) electrons. The maximum Gasteiger partial charge on any atom is 0.222 e. The molecular formula is C29H39N5O3. The van der Waals surface area contributed by atoms with Gasteiger partial charge in [-0.2, -0.15) is 0 Å². The topological polar surface area (TPSA) is 83.7 Å². The number of ether oxygens (including phenoxy) is 1. The van der Waals surface area contributed by atoms with Crippen LogP contribution in [-0.2, 0) is 29.2 Å². The zero-order valence-corrected chi connectivity index (χ0v) is 22.2. The van der Waals surface area contributed by atoms with Crippen molar-refractivity contribution >= 4 is 5.91 Å². The van der Waals surface area contributed by atoms with E-state index in [4.69, 9.17) is 4.74 Å². The molecule has 0 saturated carbocycles. The summed E-state index contributed by atoms with van der Waals surface area (Å²) in [5, 5.41) is 18.0. The van der Waals surface area contributed by atoms with Crippen molar-refractivity contribution in [3.8, 4) is 11.1 Å². The van der Waals surface area contributed by atoms with Gasteiger partial charge in [0.1, 0.15) is 0 Å². The van der Waals surface area contributed by atoms with E-state index in [2.05, 4.69) is 77.7 Å². The van der Waals surface area contributed by atoms with Crippen molar-refractivity contribution in [1.29, 1.82) is 0 Å². The van der Waals surface area contributed by atoms with Gasteiger partial charge in [-0.05, 0) is 37.1 Å². The molecule has 1 aliphatic heterocycles. The van der Waals surface area contributed by atoms with E-state index in [9.17, 15) is 9.90 Å². The third-order valence-corrected chi connectivity index (χ3v) is 7.14. The minimum Gasteiger partial charge on any atom is -0.394 e. The van der Waals surface area contributed by atoms with Crippen LogP contribution in [0.4, 0.5) is 0 Å². The molecule has 1 N–H and O–H groups in total. The Morgan fingerprint density at radius 3 is 2.59 bits per heavy atom. The van der Waals surface area contributed by atoms with E-state index < -0.39 is 0 Å². The van der Waals surface area contributed by atoms with E-state index in [1.165, 1.54) is 16.7 Å². The van der Waals surface area contributed by atoms with Crippen molar-refractivity contribution in [3.63, 3.8) is 0 Å². The van der Waals surface area contributed by atoms with Gasteiger partial charge >= 0.3 is 0 Å². The highest BCUT2D eigenvalue weighted by Gasteiger charge is 2.28. The molecule has 8 nitrogen and oxygen atoms in total. The normalized spacial score (nSPS) is 20.2. The lowest BCUT2D eigenvalue weighted by molar-refractivity contribution is -0.136. The number of amides is 1. The Bertz CT molecular complexity index is 1120. The molecule has 0 unspecified atom stereocenters. The second kappa shape index (κ2) is 12.9. The van der Waals surface area contributed by atoms with E-state index in [0.717, 1.165) is 12.2 Å². The lowest BCUT2D eigenvalue weighted by atomic mass is 10.0. The monoisotopic (exact) mass is 505 g/mol. The highest BCUT2D eigenvalue weighted by molar-refractivity contribution is 5.76.